The van der Waals surface area contributed by atoms with Crippen LogP contribution in [0.15, 0.2) is 42.5 Å². The molecule has 9 N–H and O–H groups in total. The summed E-state index contributed by atoms with van der Waals surface area (Å²) in [4.78, 5) is 96.3. The molecule has 58 heavy (non-hydrogen) atoms. The third kappa shape index (κ3) is 17.6. The van der Waals surface area contributed by atoms with Gasteiger partial charge in [-0.15, -0.1) is 0 Å². The summed E-state index contributed by atoms with van der Waals surface area (Å²) in [5.41, 5.74) is 0.848. The molecule has 17 heteroatoms. The first-order valence-corrected chi connectivity index (χ1v) is 20.0. The molecule has 0 bridgehead atoms. The molecule has 0 aliphatic heterocycles. The second-order valence-electron chi connectivity index (χ2n) is 14.9. The summed E-state index contributed by atoms with van der Waals surface area (Å²) in [6, 6.07) is 8.77. The fourth-order valence-electron chi connectivity index (χ4n) is 6.94. The lowest BCUT2D eigenvalue weighted by Crippen LogP contribution is -2.51. The van der Waals surface area contributed by atoms with Crippen molar-refractivity contribution in [1.29, 1.82) is 0 Å². The average molecular weight is 812 g/mol. The van der Waals surface area contributed by atoms with E-state index in [-0.39, 0.29) is 62.3 Å². The minimum absolute atomic E-state index is 0.0364. The van der Waals surface area contributed by atoms with E-state index in [2.05, 4.69) is 26.6 Å². The molecule has 0 aromatic heterocycles. The lowest BCUT2D eigenvalue weighted by Gasteiger charge is -2.29. The van der Waals surface area contributed by atoms with Gasteiger partial charge in [0.15, 0.2) is 0 Å². The van der Waals surface area contributed by atoms with Gasteiger partial charge in [0.1, 0.15) is 18.1 Å². The molecule has 17 nitrogen and oxygen atoms in total. The lowest BCUT2D eigenvalue weighted by atomic mass is 9.81. The van der Waals surface area contributed by atoms with Crippen molar-refractivity contribution in [3.63, 3.8) is 0 Å². The van der Waals surface area contributed by atoms with E-state index in [1.54, 1.807) is 0 Å². The maximum Gasteiger partial charge on any atom is 0.326 e. The maximum absolute atomic E-state index is 13.6. The second-order valence-corrected chi connectivity index (χ2v) is 14.9. The van der Waals surface area contributed by atoms with Gasteiger partial charge in [-0.1, -0.05) is 55.3 Å². The first-order valence-electron chi connectivity index (χ1n) is 20.0. The molecule has 2 aromatic carbocycles. The summed E-state index contributed by atoms with van der Waals surface area (Å²) in [7, 11) is 0. The van der Waals surface area contributed by atoms with E-state index in [0.717, 1.165) is 42.0 Å². The molecule has 2 aromatic rings. The summed E-state index contributed by atoms with van der Waals surface area (Å²) in [6.45, 7) is 0.675. The van der Waals surface area contributed by atoms with Gasteiger partial charge in [0, 0.05) is 44.7 Å². The lowest BCUT2D eigenvalue weighted by molar-refractivity contribution is -0.141. The number of urea groups is 1. The summed E-state index contributed by atoms with van der Waals surface area (Å²) >= 11 is 0. The van der Waals surface area contributed by atoms with Crippen molar-refractivity contribution in [3.05, 3.63) is 48.0 Å². The first-order chi connectivity index (χ1) is 27.7. The van der Waals surface area contributed by atoms with Gasteiger partial charge in [-0.05, 0) is 86.5 Å². The van der Waals surface area contributed by atoms with E-state index in [9.17, 15) is 48.6 Å². The molecule has 0 heterocycles. The van der Waals surface area contributed by atoms with E-state index in [0.29, 0.717) is 45.1 Å². The van der Waals surface area contributed by atoms with Crippen LogP contribution in [0.3, 0.4) is 0 Å². The number of hydrogen-bond acceptors (Lipinski definition) is 8. The van der Waals surface area contributed by atoms with Crippen LogP contribution in [0.4, 0.5) is 4.79 Å². The molecular formula is C41H57N5O12. The Kier molecular flexibility index (Phi) is 19.9. The van der Waals surface area contributed by atoms with Gasteiger partial charge < -0.3 is 47.0 Å². The number of fused-ring (bicyclic) bond motifs is 1. The predicted molar refractivity (Wildman–Crippen MR) is 212 cm³/mol. The molecule has 0 spiro atoms. The number of unbranched alkanes of at least 4 members (excludes halogenated alkanes) is 4. The number of benzene rings is 2. The van der Waals surface area contributed by atoms with Gasteiger partial charge in [0.2, 0.25) is 17.7 Å². The van der Waals surface area contributed by atoms with Crippen LogP contribution in [0.25, 0.3) is 10.8 Å². The van der Waals surface area contributed by atoms with Crippen molar-refractivity contribution in [2.45, 2.75) is 121 Å². The maximum atomic E-state index is 13.6. The van der Waals surface area contributed by atoms with Crippen LogP contribution in [0, 0.1) is 11.8 Å². The van der Waals surface area contributed by atoms with Crippen LogP contribution in [0.5, 0.6) is 0 Å². The number of aliphatic carboxylic acids is 4. The highest BCUT2D eigenvalue weighted by molar-refractivity contribution is 5.89. The molecule has 5 amide bonds. The van der Waals surface area contributed by atoms with Gasteiger partial charge in [0.25, 0.3) is 0 Å². The fraction of sp³-hybridized carbons (Fsp3) is 0.561. The van der Waals surface area contributed by atoms with Crippen LogP contribution in [0.1, 0.15) is 102 Å². The molecule has 1 saturated carbocycles. The van der Waals surface area contributed by atoms with Gasteiger partial charge in [-0.25, -0.2) is 14.4 Å². The topological polar surface area (TPSA) is 278 Å². The fourth-order valence-corrected chi connectivity index (χ4v) is 6.94. The van der Waals surface area contributed by atoms with Crippen molar-refractivity contribution in [3.8, 4) is 0 Å². The Morgan fingerprint density at radius 1 is 0.603 bits per heavy atom. The molecule has 3 atom stereocenters. The highest BCUT2D eigenvalue weighted by Crippen LogP contribution is 2.29. The largest absolute Gasteiger partial charge is 0.481 e. The summed E-state index contributed by atoms with van der Waals surface area (Å²) in [6.07, 6.45) is 5.99. The molecule has 0 unspecified atom stereocenters. The van der Waals surface area contributed by atoms with E-state index in [4.69, 9.17) is 10.2 Å². The second kappa shape index (κ2) is 24.8. The average Bonchev–Trinajstić information content (AvgIpc) is 3.18. The zero-order chi connectivity index (χ0) is 42.5. The Bertz CT molecular complexity index is 1730. The van der Waals surface area contributed by atoms with E-state index >= 15 is 0 Å². The highest BCUT2D eigenvalue weighted by Gasteiger charge is 2.30. The third-order valence-corrected chi connectivity index (χ3v) is 10.3. The number of nitrogens with one attached hydrogen (secondary N) is 5. The van der Waals surface area contributed by atoms with Crippen molar-refractivity contribution < 1.29 is 58.8 Å². The monoisotopic (exact) mass is 811 g/mol. The van der Waals surface area contributed by atoms with Crippen LogP contribution in [0.2, 0.25) is 0 Å². The summed E-state index contributed by atoms with van der Waals surface area (Å²) in [5.74, 6) is -5.63. The smallest absolute Gasteiger partial charge is 0.326 e. The van der Waals surface area contributed by atoms with Crippen molar-refractivity contribution in [2.75, 3.05) is 13.1 Å². The molecule has 318 valence electrons. The predicted octanol–water partition coefficient (Wildman–Crippen LogP) is 3.57. The number of carbonyl (C=O) groups excluding carboxylic acids is 4. The normalized spacial score (nSPS) is 16.6. The number of rotatable bonds is 26. The number of amides is 5. The first kappa shape index (κ1) is 46.6. The van der Waals surface area contributed by atoms with Gasteiger partial charge in [-0.3, -0.25) is 24.0 Å². The van der Waals surface area contributed by atoms with E-state index < -0.39 is 60.4 Å². The molecule has 1 fully saturated rings. The van der Waals surface area contributed by atoms with Gasteiger partial charge >= 0.3 is 29.9 Å². The zero-order valence-electron chi connectivity index (χ0n) is 32.7. The third-order valence-electron chi connectivity index (χ3n) is 10.3. The van der Waals surface area contributed by atoms with Crippen LogP contribution < -0.4 is 26.6 Å². The number of carboxylic acids is 4. The van der Waals surface area contributed by atoms with E-state index in [1.807, 2.05) is 42.5 Å². The van der Waals surface area contributed by atoms with Crippen molar-refractivity contribution >= 4 is 58.4 Å². The SMILES string of the molecule is O=C(O)CCCCCCC(=O)NCC1CCC(C(=O)N[C@@H](Cc2ccc3ccccc3c2)C(=O)NCCCC[C@H](NC(=O)N[C@@H](CCC(=O)O)C(=O)O)C(=O)O)CC1. The molecule has 1 aliphatic rings. The standard InChI is InChI=1S/C41H57N5O12/c47-34(12-3-1-2-4-13-35(48)49)43-25-26-14-18-29(19-15-26)37(52)44-33(24-27-16-17-28-9-5-6-10-30(28)23-27)38(53)42-22-8-7-11-31(39(54)55)45-41(58)46-32(40(56)57)20-21-36(50)51/h5-6,9-10,16-17,23,26,29,31-33H,1-4,7-8,11-15,18-22,24-25H2,(H,42,53)(H,43,47)(H,44,52)(H,48,49)(H,50,51)(H,54,55)(H,56,57)(H2,45,46,58)/t26?,29?,31-,32-,33-/m0/s1. The Morgan fingerprint density at radius 3 is 1.86 bits per heavy atom. The Balaban J connectivity index is 1.49. The Morgan fingerprint density at radius 2 is 1.22 bits per heavy atom. The summed E-state index contributed by atoms with van der Waals surface area (Å²) in [5, 5.41) is 51.5. The molecule has 0 saturated heterocycles. The minimum Gasteiger partial charge on any atom is -0.481 e. The van der Waals surface area contributed by atoms with Gasteiger partial charge in [0.05, 0.1) is 0 Å². The highest BCUT2D eigenvalue weighted by atomic mass is 16.4. The van der Waals surface area contributed by atoms with Crippen LogP contribution in [-0.4, -0.2) is 99.3 Å². The molecule has 0 radical (unpaired) electrons. The minimum atomic E-state index is -1.52. The van der Waals surface area contributed by atoms with Crippen molar-refractivity contribution in [1.82, 2.24) is 26.6 Å². The number of carbonyl (C=O) groups is 8. The van der Waals surface area contributed by atoms with Gasteiger partial charge in [-0.2, -0.15) is 0 Å². The molecular weight excluding hydrogens is 754 g/mol. The number of carboxylic acid groups (broad SMARTS) is 4. The molecule has 1 aliphatic carbocycles. The Labute approximate surface area is 337 Å². The quantitative estimate of drug-likeness (QED) is 0.0617. The summed E-state index contributed by atoms with van der Waals surface area (Å²) < 4.78 is 0. The molecule has 3 rings (SSSR count). The van der Waals surface area contributed by atoms with Crippen LogP contribution >= 0.6 is 0 Å². The van der Waals surface area contributed by atoms with Crippen molar-refractivity contribution in [2.24, 2.45) is 11.8 Å². The Hall–Kier alpha value is -5.74. The zero-order valence-corrected chi connectivity index (χ0v) is 32.7. The number of hydrogen-bond donors (Lipinski definition) is 9. The van der Waals surface area contributed by atoms with Crippen LogP contribution in [-0.2, 0) is 40.0 Å². The van der Waals surface area contributed by atoms with E-state index in [1.165, 1.54) is 0 Å².